The molecule has 1 atom stereocenters. The molecule has 0 heterocycles. The van der Waals surface area contributed by atoms with E-state index in [1.54, 1.807) is 0 Å². The third kappa shape index (κ3) is 51.9. The van der Waals surface area contributed by atoms with Crippen LogP contribution >= 0.6 is 0 Å². The van der Waals surface area contributed by atoms with Crippen molar-refractivity contribution >= 4 is 17.9 Å². The molecule has 0 aliphatic heterocycles. The quantitative estimate of drug-likeness (QED) is 0.0262. The summed E-state index contributed by atoms with van der Waals surface area (Å²) in [5.74, 6) is -0.906. The number of carbonyl (C=O) groups excluding carboxylic acids is 3. The van der Waals surface area contributed by atoms with Crippen LogP contribution in [0.2, 0.25) is 0 Å². The molecule has 0 aliphatic carbocycles. The van der Waals surface area contributed by atoms with Crippen molar-refractivity contribution in [2.45, 2.75) is 284 Å². The fourth-order valence-corrected chi connectivity index (χ4v) is 7.84. The van der Waals surface area contributed by atoms with Crippen LogP contribution in [-0.4, -0.2) is 37.2 Å². The lowest BCUT2D eigenvalue weighted by molar-refractivity contribution is -0.167. The summed E-state index contributed by atoms with van der Waals surface area (Å²) in [6.07, 6.45) is 66.3. The van der Waals surface area contributed by atoms with Gasteiger partial charge in [0.15, 0.2) is 6.10 Å². The molecule has 376 valence electrons. The minimum absolute atomic E-state index is 0.0843. The summed E-state index contributed by atoms with van der Waals surface area (Å²) in [5.41, 5.74) is 0. The van der Waals surface area contributed by atoms with Crippen LogP contribution < -0.4 is 0 Å². The van der Waals surface area contributed by atoms with Crippen molar-refractivity contribution in [3.63, 3.8) is 0 Å². The van der Waals surface area contributed by atoms with Crippen molar-refractivity contribution in [3.8, 4) is 0 Å². The van der Waals surface area contributed by atoms with E-state index in [0.717, 1.165) is 103 Å². The SMILES string of the molecule is CC/C=C\C/C=C\C/C=C\C/C=C\CCCCCCC(=O)OCC(COC(=O)CCCCCCC/C=C\CCCCCC)OC(=O)CCCCCCCCCCCCCCCCCCC. The molecule has 0 aliphatic rings. The van der Waals surface area contributed by atoms with E-state index in [1.807, 2.05) is 0 Å². The van der Waals surface area contributed by atoms with Crippen LogP contribution in [0.5, 0.6) is 0 Å². The third-order valence-corrected chi connectivity index (χ3v) is 12.0. The zero-order valence-corrected chi connectivity index (χ0v) is 43.0. The van der Waals surface area contributed by atoms with E-state index in [4.69, 9.17) is 14.2 Å². The van der Waals surface area contributed by atoms with Crippen LogP contribution in [0, 0.1) is 0 Å². The van der Waals surface area contributed by atoms with Crippen molar-refractivity contribution in [2.75, 3.05) is 13.2 Å². The van der Waals surface area contributed by atoms with Gasteiger partial charge in [-0.15, -0.1) is 0 Å². The van der Waals surface area contributed by atoms with Crippen molar-refractivity contribution in [3.05, 3.63) is 60.8 Å². The van der Waals surface area contributed by atoms with E-state index in [0.29, 0.717) is 19.3 Å². The van der Waals surface area contributed by atoms with Gasteiger partial charge >= 0.3 is 17.9 Å². The Kier molecular flexibility index (Phi) is 51.3. The highest BCUT2D eigenvalue weighted by Gasteiger charge is 2.19. The summed E-state index contributed by atoms with van der Waals surface area (Å²) in [5, 5.41) is 0. The molecule has 0 aromatic rings. The highest BCUT2D eigenvalue weighted by molar-refractivity contribution is 5.71. The third-order valence-electron chi connectivity index (χ3n) is 12.0. The van der Waals surface area contributed by atoms with Gasteiger partial charge in [0.1, 0.15) is 13.2 Å². The standard InChI is InChI=1S/C59H104O6/c1-4-7-10-13-16-19-22-25-27-29-31-34-37-40-43-46-49-52-58(61)64-55-56(54-63-57(60)51-48-45-42-39-36-33-24-21-18-15-12-9-6-3)65-59(62)53-50-47-44-41-38-35-32-30-28-26-23-20-17-14-11-8-5-2/h7,10,16,19,21,24-25,27,31,34,56H,4-6,8-9,11-15,17-18,20,22-23,26,28-30,32-33,35-55H2,1-3H3/b10-7-,19-16-,24-21-,27-25-,34-31-. The molecule has 0 fully saturated rings. The monoisotopic (exact) mass is 909 g/mol. The van der Waals surface area contributed by atoms with Gasteiger partial charge in [0.25, 0.3) is 0 Å². The maximum absolute atomic E-state index is 12.8. The average Bonchev–Trinajstić information content (AvgIpc) is 3.30. The Morgan fingerprint density at radius 1 is 0.323 bits per heavy atom. The van der Waals surface area contributed by atoms with Gasteiger partial charge in [-0.3, -0.25) is 14.4 Å². The van der Waals surface area contributed by atoms with Crippen LogP contribution in [0.4, 0.5) is 0 Å². The predicted molar refractivity (Wildman–Crippen MR) is 279 cm³/mol. The lowest BCUT2D eigenvalue weighted by atomic mass is 10.0. The first-order chi connectivity index (χ1) is 32.0. The van der Waals surface area contributed by atoms with Crippen molar-refractivity contribution in [1.82, 2.24) is 0 Å². The van der Waals surface area contributed by atoms with Crippen LogP contribution in [0.25, 0.3) is 0 Å². The Morgan fingerprint density at radius 3 is 0.969 bits per heavy atom. The zero-order valence-electron chi connectivity index (χ0n) is 43.0. The van der Waals surface area contributed by atoms with Gasteiger partial charge in [-0.2, -0.15) is 0 Å². The molecular weight excluding hydrogens is 805 g/mol. The topological polar surface area (TPSA) is 78.9 Å². The van der Waals surface area contributed by atoms with Crippen LogP contribution in [0.15, 0.2) is 60.8 Å². The Hall–Kier alpha value is -2.89. The molecule has 6 nitrogen and oxygen atoms in total. The van der Waals surface area contributed by atoms with Crippen LogP contribution in [-0.2, 0) is 28.6 Å². The van der Waals surface area contributed by atoms with E-state index < -0.39 is 6.10 Å². The second kappa shape index (κ2) is 53.7. The molecule has 0 rings (SSSR count). The van der Waals surface area contributed by atoms with E-state index in [2.05, 4.69) is 81.5 Å². The Labute approximate surface area is 402 Å². The summed E-state index contributed by atoms with van der Waals surface area (Å²) in [4.78, 5) is 38.1. The average molecular weight is 909 g/mol. The zero-order chi connectivity index (χ0) is 47.2. The lowest BCUT2D eigenvalue weighted by Crippen LogP contribution is -2.30. The molecule has 65 heavy (non-hydrogen) atoms. The number of carbonyl (C=O) groups is 3. The molecular formula is C59H104O6. The van der Waals surface area contributed by atoms with Crippen molar-refractivity contribution in [1.29, 1.82) is 0 Å². The van der Waals surface area contributed by atoms with E-state index in [1.165, 1.54) is 135 Å². The summed E-state index contributed by atoms with van der Waals surface area (Å²) < 4.78 is 16.8. The van der Waals surface area contributed by atoms with Gasteiger partial charge in [0.2, 0.25) is 0 Å². The maximum Gasteiger partial charge on any atom is 0.306 e. The highest BCUT2D eigenvalue weighted by Crippen LogP contribution is 2.16. The molecule has 0 amide bonds. The van der Waals surface area contributed by atoms with E-state index >= 15 is 0 Å². The molecule has 0 aromatic heterocycles. The lowest BCUT2D eigenvalue weighted by Gasteiger charge is -2.18. The fourth-order valence-electron chi connectivity index (χ4n) is 7.84. The molecule has 6 heteroatoms. The van der Waals surface area contributed by atoms with Crippen LogP contribution in [0.1, 0.15) is 278 Å². The minimum atomic E-state index is -0.785. The first-order valence-corrected chi connectivity index (χ1v) is 27.8. The summed E-state index contributed by atoms with van der Waals surface area (Å²) in [6.45, 7) is 6.51. The Bertz CT molecular complexity index is 1180. The molecule has 0 bridgehead atoms. The number of allylic oxidation sites excluding steroid dienone is 10. The normalized spacial score (nSPS) is 12.5. The molecule has 0 saturated carbocycles. The second-order valence-electron chi connectivity index (χ2n) is 18.5. The Morgan fingerprint density at radius 2 is 0.600 bits per heavy atom. The van der Waals surface area contributed by atoms with Gasteiger partial charge in [-0.1, -0.05) is 236 Å². The molecule has 0 N–H and O–H groups in total. The first kappa shape index (κ1) is 62.1. The van der Waals surface area contributed by atoms with E-state index in [-0.39, 0.29) is 31.1 Å². The van der Waals surface area contributed by atoms with E-state index in [9.17, 15) is 14.4 Å². The number of hydrogen-bond acceptors (Lipinski definition) is 6. The van der Waals surface area contributed by atoms with Gasteiger partial charge in [0, 0.05) is 19.3 Å². The molecule has 0 saturated heterocycles. The van der Waals surface area contributed by atoms with Gasteiger partial charge in [-0.25, -0.2) is 0 Å². The van der Waals surface area contributed by atoms with Crippen molar-refractivity contribution in [2.24, 2.45) is 0 Å². The summed E-state index contributed by atoms with van der Waals surface area (Å²) >= 11 is 0. The summed E-state index contributed by atoms with van der Waals surface area (Å²) in [7, 11) is 0. The molecule has 0 radical (unpaired) electrons. The first-order valence-electron chi connectivity index (χ1n) is 27.8. The van der Waals surface area contributed by atoms with Crippen LogP contribution in [0.3, 0.4) is 0 Å². The summed E-state index contributed by atoms with van der Waals surface area (Å²) in [6, 6.07) is 0. The number of ether oxygens (including phenoxy) is 3. The highest BCUT2D eigenvalue weighted by atomic mass is 16.6. The smallest absolute Gasteiger partial charge is 0.306 e. The fraction of sp³-hybridized carbons (Fsp3) is 0.780. The van der Waals surface area contributed by atoms with Gasteiger partial charge in [0.05, 0.1) is 0 Å². The minimum Gasteiger partial charge on any atom is -0.462 e. The largest absolute Gasteiger partial charge is 0.462 e. The Balaban J connectivity index is 4.40. The number of unbranched alkanes of at least 4 members (excludes halogenated alkanes) is 29. The van der Waals surface area contributed by atoms with Gasteiger partial charge in [-0.05, 0) is 83.5 Å². The van der Waals surface area contributed by atoms with Crippen molar-refractivity contribution < 1.29 is 28.6 Å². The van der Waals surface area contributed by atoms with Gasteiger partial charge < -0.3 is 14.2 Å². The number of hydrogen-bond donors (Lipinski definition) is 0. The number of esters is 3. The number of rotatable bonds is 50. The predicted octanol–water partition coefficient (Wildman–Crippen LogP) is 18.4. The molecule has 1 unspecified atom stereocenters. The maximum atomic E-state index is 12.8. The molecule has 0 spiro atoms. The second-order valence-corrected chi connectivity index (χ2v) is 18.5. The molecule has 0 aromatic carbocycles.